The Kier molecular flexibility index (Phi) is 3.09. The lowest BCUT2D eigenvalue weighted by atomic mass is 10.1. The molecule has 0 unspecified atom stereocenters. The van der Waals surface area contributed by atoms with Gasteiger partial charge in [0, 0.05) is 11.8 Å². The van der Waals surface area contributed by atoms with Crippen molar-refractivity contribution in [2.45, 2.75) is 5.92 Å². The number of amides is 1. The lowest BCUT2D eigenvalue weighted by Gasteiger charge is -2.15. The second kappa shape index (κ2) is 4.93. The van der Waals surface area contributed by atoms with Gasteiger partial charge in [0.1, 0.15) is 0 Å². The molecular weight excluding hydrogens is 278 g/mol. The van der Waals surface area contributed by atoms with Crippen LogP contribution < -0.4 is 5.32 Å². The molecular formula is C14H10F2N4O. The first-order valence-electron chi connectivity index (χ1n) is 6.13. The molecule has 106 valence electrons. The molecule has 2 aromatic heterocycles. The van der Waals surface area contributed by atoms with Crippen LogP contribution in [0.15, 0.2) is 54.7 Å². The van der Waals surface area contributed by atoms with Gasteiger partial charge in [0.25, 0.3) is 0 Å². The van der Waals surface area contributed by atoms with Gasteiger partial charge in [0.2, 0.25) is 5.95 Å². The molecule has 7 heteroatoms. The third-order valence-corrected chi connectivity index (χ3v) is 2.96. The van der Waals surface area contributed by atoms with Crippen LogP contribution in [0.1, 0.15) is 5.56 Å². The number of rotatable bonds is 3. The van der Waals surface area contributed by atoms with Crippen LogP contribution in [0, 0.1) is 0 Å². The Morgan fingerprint density at radius 1 is 1.05 bits per heavy atom. The number of alkyl halides is 2. The van der Waals surface area contributed by atoms with Gasteiger partial charge in [-0.15, -0.1) is 10.2 Å². The molecule has 0 aliphatic heterocycles. The second-order valence-electron chi connectivity index (χ2n) is 4.35. The molecule has 0 fully saturated rings. The molecule has 0 spiro atoms. The van der Waals surface area contributed by atoms with Gasteiger partial charge in [-0.2, -0.15) is 8.78 Å². The van der Waals surface area contributed by atoms with Crippen LogP contribution in [0.25, 0.3) is 5.65 Å². The van der Waals surface area contributed by atoms with Crippen LogP contribution in [0.4, 0.5) is 14.7 Å². The molecule has 2 heterocycles. The van der Waals surface area contributed by atoms with Gasteiger partial charge in [-0.25, -0.2) is 0 Å². The van der Waals surface area contributed by atoms with Crippen molar-refractivity contribution in [3.8, 4) is 0 Å². The number of pyridine rings is 1. The minimum atomic E-state index is -3.65. The van der Waals surface area contributed by atoms with E-state index in [2.05, 4.69) is 15.5 Å². The summed E-state index contributed by atoms with van der Waals surface area (Å²) in [4.78, 5) is 11.8. The summed E-state index contributed by atoms with van der Waals surface area (Å²) >= 11 is 0. The van der Waals surface area contributed by atoms with Crippen LogP contribution in [-0.4, -0.2) is 20.5 Å². The smallest absolute Gasteiger partial charge is 0.289 e. The highest BCUT2D eigenvalue weighted by Gasteiger charge is 2.41. The van der Waals surface area contributed by atoms with Crippen molar-refractivity contribution in [2.75, 3.05) is 5.32 Å². The predicted molar refractivity (Wildman–Crippen MR) is 72.0 cm³/mol. The number of hydrogen-bond acceptors (Lipinski definition) is 3. The van der Waals surface area contributed by atoms with Gasteiger partial charge in [-0.05, 0) is 12.1 Å². The summed E-state index contributed by atoms with van der Waals surface area (Å²) in [5.41, 5.74) is 0.0761. The van der Waals surface area contributed by atoms with Crippen molar-refractivity contribution < 1.29 is 13.6 Å². The Labute approximate surface area is 118 Å². The average Bonchev–Trinajstić information content (AvgIpc) is 2.91. The van der Waals surface area contributed by atoms with Crippen molar-refractivity contribution in [1.82, 2.24) is 14.6 Å². The van der Waals surface area contributed by atoms with E-state index in [1.165, 1.54) is 28.7 Å². The molecule has 0 bridgehead atoms. The fourth-order valence-electron chi connectivity index (χ4n) is 1.89. The maximum atomic E-state index is 14.1. The third-order valence-electron chi connectivity index (χ3n) is 2.96. The molecule has 21 heavy (non-hydrogen) atoms. The maximum Gasteiger partial charge on any atom is 0.350 e. The first-order valence-corrected chi connectivity index (χ1v) is 6.13. The summed E-state index contributed by atoms with van der Waals surface area (Å²) in [7, 11) is 0. The van der Waals surface area contributed by atoms with Gasteiger partial charge in [0.15, 0.2) is 5.65 Å². The standard InChI is InChI=1S/C14H10F2N4O/c15-14(16,10-6-2-1-3-7-10)12(21)17-13-19-18-11-8-4-5-9-20(11)13/h1-9H,(H,17,19,21). The monoisotopic (exact) mass is 288 g/mol. The Bertz CT molecular complexity index is 786. The number of nitrogens with one attached hydrogen (secondary N) is 1. The summed E-state index contributed by atoms with van der Waals surface area (Å²) in [6, 6.07) is 12.0. The van der Waals surface area contributed by atoms with Crippen molar-refractivity contribution in [3.05, 3.63) is 60.3 Å². The molecule has 1 amide bonds. The van der Waals surface area contributed by atoms with Crippen molar-refractivity contribution in [3.63, 3.8) is 0 Å². The first-order chi connectivity index (χ1) is 10.1. The number of carbonyl (C=O) groups is 1. The molecule has 0 aliphatic carbocycles. The highest BCUT2D eigenvalue weighted by Crippen LogP contribution is 2.29. The summed E-state index contributed by atoms with van der Waals surface area (Å²) in [5, 5.41) is 9.57. The highest BCUT2D eigenvalue weighted by molar-refractivity contribution is 5.95. The van der Waals surface area contributed by atoms with Gasteiger partial charge in [0.05, 0.1) is 0 Å². The summed E-state index contributed by atoms with van der Waals surface area (Å²) in [5.74, 6) is -5.15. The number of fused-ring (bicyclic) bond motifs is 1. The van der Waals surface area contributed by atoms with E-state index in [0.29, 0.717) is 5.65 Å². The minimum Gasteiger partial charge on any atom is -0.289 e. The van der Waals surface area contributed by atoms with Gasteiger partial charge < -0.3 is 0 Å². The number of halogens is 2. The topological polar surface area (TPSA) is 59.3 Å². The van der Waals surface area contributed by atoms with E-state index in [0.717, 1.165) is 0 Å². The van der Waals surface area contributed by atoms with Crippen LogP contribution in [0.3, 0.4) is 0 Å². The predicted octanol–water partition coefficient (Wildman–Crippen LogP) is 2.46. The van der Waals surface area contributed by atoms with E-state index >= 15 is 0 Å². The van der Waals surface area contributed by atoms with Crippen LogP contribution >= 0.6 is 0 Å². The average molecular weight is 288 g/mol. The van der Waals surface area contributed by atoms with Crippen molar-refractivity contribution >= 4 is 17.5 Å². The Morgan fingerprint density at radius 3 is 2.52 bits per heavy atom. The second-order valence-corrected chi connectivity index (χ2v) is 4.35. The molecule has 5 nitrogen and oxygen atoms in total. The number of benzene rings is 1. The molecule has 0 atom stereocenters. The van der Waals surface area contributed by atoms with E-state index in [-0.39, 0.29) is 11.5 Å². The number of aromatic nitrogens is 3. The number of hydrogen-bond donors (Lipinski definition) is 1. The van der Waals surface area contributed by atoms with E-state index in [1.807, 2.05) is 0 Å². The molecule has 0 radical (unpaired) electrons. The fourth-order valence-corrected chi connectivity index (χ4v) is 1.89. The third kappa shape index (κ3) is 2.33. The molecule has 0 saturated heterocycles. The van der Waals surface area contributed by atoms with Gasteiger partial charge in [-0.3, -0.25) is 14.5 Å². The zero-order valence-electron chi connectivity index (χ0n) is 10.7. The van der Waals surface area contributed by atoms with E-state index in [1.54, 1.807) is 30.5 Å². The minimum absolute atomic E-state index is 0.0498. The van der Waals surface area contributed by atoms with Crippen LogP contribution in [-0.2, 0) is 10.7 Å². The lowest BCUT2D eigenvalue weighted by Crippen LogP contribution is -2.32. The molecule has 1 aromatic carbocycles. The van der Waals surface area contributed by atoms with E-state index in [9.17, 15) is 13.6 Å². The number of carbonyl (C=O) groups excluding carboxylic acids is 1. The largest absolute Gasteiger partial charge is 0.350 e. The van der Waals surface area contributed by atoms with E-state index in [4.69, 9.17) is 0 Å². The molecule has 0 aliphatic rings. The van der Waals surface area contributed by atoms with E-state index < -0.39 is 11.8 Å². The zero-order chi connectivity index (χ0) is 14.9. The molecule has 3 rings (SSSR count). The van der Waals surface area contributed by atoms with Crippen molar-refractivity contribution in [1.29, 1.82) is 0 Å². The lowest BCUT2D eigenvalue weighted by molar-refractivity contribution is -0.141. The number of anilines is 1. The fraction of sp³-hybridized carbons (Fsp3) is 0.0714. The van der Waals surface area contributed by atoms with Crippen molar-refractivity contribution in [2.24, 2.45) is 0 Å². The summed E-state index contributed by atoms with van der Waals surface area (Å²) < 4.78 is 29.6. The molecule has 1 N–H and O–H groups in total. The molecule has 3 aromatic rings. The summed E-state index contributed by atoms with van der Waals surface area (Å²) in [6.45, 7) is 0. The van der Waals surface area contributed by atoms with Gasteiger partial charge >= 0.3 is 11.8 Å². The van der Waals surface area contributed by atoms with Gasteiger partial charge in [-0.1, -0.05) is 36.4 Å². The number of nitrogens with zero attached hydrogens (tertiary/aromatic N) is 3. The summed E-state index contributed by atoms with van der Waals surface area (Å²) in [6.07, 6.45) is 1.58. The Morgan fingerprint density at radius 2 is 1.76 bits per heavy atom. The SMILES string of the molecule is O=C(Nc1nnc2ccccn12)C(F)(F)c1ccccc1. The Balaban J connectivity index is 1.89. The quantitative estimate of drug-likeness (QED) is 0.805. The Hall–Kier alpha value is -2.83. The highest BCUT2D eigenvalue weighted by atomic mass is 19.3. The first kappa shape index (κ1) is 13.2. The maximum absolute atomic E-state index is 14.1. The normalized spacial score (nSPS) is 11.5. The molecule has 0 saturated carbocycles. The van der Waals surface area contributed by atoms with Crippen LogP contribution in [0.2, 0.25) is 0 Å². The zero-order valence-corrected chi connectivity index (χ0v) is 10.7. The van der Waals surface area contributed by atoms with Crippen LogP contribution in [0.5, 0.6) is 0 Å².